The number of aromatic carboxylic acids is 2. The molecule has 0 radical (unpaired) electrons. The Labute approximate surface area is 215 Å². The van der Waals surface area contributed by atoms with Gasteiger partial charge in [-0.25, -0.2) is 24.5 Å². The van der Waals surface area contributed by atoms with Gasteiger partial charge in [-0.3, -0.25) is 0 Å². The van der Waals surface area contributed by atoms with Crippen LogP contribution < -0.4 is 11.5 Å². The molecule has 11 heteroatoms. The Morgan fingerprint density at radius 1 is 0.579 bits per heavy atom. The molecule has 38 heavy (non-hydrogen) atoms. The second-order valence-electron chi connectivity index (χ2n) is 8.20. The van der Waals surface area contributed by atoms with Crippen molar-refractivity contribution in [2.24, 2.45) is 0 Å². The first-order valence-corrected chi connectivity index (χ1v) is 11.2. The van der Waals surface area contributed by atoms with Crippen molar-refractivity contribution < 1.29 is 19.8 Å². The van der Waals surface area contributed by atoms with Crippen LogP contribution in [-0.2, 0) is 0 Å². The van der Waals surface area contributed by atoms with Crippen molar-refractivity contribution in [3.63, 3.8) is 0 Å². The topological polar surface area (TPSA) is 191 Å². The largest absolute Gasteiger partial charge is 0.478 e. The van der Waals surface area contributed by atoms with Crippen molar-refractivity contribution >= 4 is 23.4 Å². The molecule has 0 spiro atoms. The van der Waals surface area contributed by atoms with Crippen LogP contribution in [-0.4, -0.2) is 47.3 Å². The quantitative estimate of drug-likeness (QED) is 0.245. The van der Waals surface area contributed by atoms with E-state index in [1.54, 1.807) is 48.5 Å². The standard InChI is InChI=1S/C27H19N7O4/c28-19-11-9-16(10-12-19)20-21(14-1-5-17(6-2-14)26(35)36)33-23(24-25(29)30-13-31-34-24)22(32-20)15-3-7-18(8-4-15)27(37)38/h1-13H,28H2,(H,35,36)(H,37,38)(H2,29,30,31). The Morgan fingerprint density at radius 3 is 1.45 bits per heavy atom. The van der Waals surface area contributed by atoms with E-state index in [-0.39, 0.29) is 28.3 Å². The summed E-state index contributed by atoms with van der Waals surface area (Å²) in [5.74, 6) is -2.04. The zero-order valence-electron chi connectivity index (χ0n) is 19.6. The molecule has 11 nitrogen and oxygen atoms in total. The third-order valence-corrected chi connectivity index (χ3v) is 5.76. The van der Waals surface area contributed by atoms with Crippen LogP contribution in [0.1, 0.15) is 20.7 Å². The summed E-state index contributed by atoms with van der Waals surface area (Å²) in [4.78, 5) is 36.7. The van der Waals surface area contributed by atoms with Gasteiger partial charge in [0.2, 0.25) is 0 Å². The Balaban J connectivity index is 1.82. The third kappa shape index (κ3) is 4.58. The number of rotatable bonds is 6. The van der Waals surface area contributed by atoms with E-state index < -0.39 is 11.9 Å². The van der Waals surface area contributed by atoms with Gasteiger partial charge in [0.15, 0.2) is 11.5 Å². The number of nitrogen functional groups attached to an aromatic ring is 2. The minimum absolute atomic E-state index is 0.0742. The van der Waals surface area contributed by atoms with Gasteiger partial charge in [-0.15, -0.1) is 10.2 Å². The number of carbonyl (C=O) groups is 2. The van der Waals surface area contributed by atoms with Crippen molar-refractivity contribution in [2.45, 2.75) is 0 Å². The highest BCUT2D eigenvalue weighted by molar-refractivity contribution is 5.91. The third-order valence-electron chi connectivity index (χ3n) is 5.76. The highest BCUT2D eigenvalue weighted by Crippen LogP contribution is 2.37. The van der Waals surface area contributed by atoms with Crippen LogP contribution in [0.2, 0.25) is 0 Å². The van der Waals surface area contributed by atoms with Gasteiger partial charge in [-0.05, 0) is 36.4 Å². The van der Waals surface area contributed by atoms with Crippen LogP contribution in [0.25, 0.3) is 45.2 Å². The maximum absolute atomic E-state index is 11.4. The summed E-state index contributed by atoms with van der Waals surface area (Å²) in [7, 11) is 0. The van der Waals surface area contributed by atoms with Crippen LogP contribution in [0.5, 0.6) is 0 Å². The number of hydrogen-bond acceptors (Lipinski definition) is 9. The van der Waals surface area contributed by atoms with Crippen molar-refractivity contribution in [3.8, 4) is 45.2 Å². The van der Waals surface area contributed by atoms with Crippen molar-refractivity contribution in [1.82, 2.24) is 25.1 Å². The van der Waals surface area contributed by atoms with E-state index in [9.17, 15) is 19.8 Å². The van der Waals surface area contributed by atoms with Crippen molar-refractivity contribution in [3.05, 3.63) is 90.3 Å². The molecular weight excluding hydrogens is 486 g/mol. The number of aromatic nitrogens is 5. The molecule has 186 valence electrons. The SMILES string of the molecule is Nc1ccc(-c2nc(-c3ccc(C(=O)O)cc3)c(-c3nncnc3N)nc2-c2ccc(C(=O)O)cc2)cc1. The van der Waals surface area contributed by atoms with Crippen LogP contribution in [0.3, 0.4) is 0 Å². The molecule has 5 aromatic rings. The number of carboxylic acids is 2. The molecule has 0 fully saturated rings. The summed E-state index contributed by atoms with van der Waals surface area (Å²) >= 11 is 0. The number of nitrogens with zero attached hydrogens (tertiary/aromatic N) is 5. The van der Waals surface area contributed by atoms with E-state index in [1.807, 2.05) is 0 Å². The lowest BCUT2D eigenvalue weighted by atomic mass is 9.99. The molecule has 5 rings (SSSR count). The van der Waals surface area contributed by atoms with Gasteiger partial charge in [-0.1, -0.05) is 36.4 Å². The fourth-order valence-corrected chi connectivity index (χ4v) is 3.84. The molecular formula is C27H19N7O4. The van der Waals surface area contributed by atoms with E-state index in [4.69, 9.17) is 21.4 Å². The van der Waals surface area contributed by atoms with E-state index in [0.29, 0.717) is 39.5 Å². The number of benzene rings is 3. The first-order chi connectivity index (χ1) is 18.3. The molecule has 0 saturated carbocycles. The number of carboxylic acid groups (broad SMARTS) is 2. The fourth-order valence-electron chi connectivity index (χ4n) is 3.84. The Hall–Kier alpha value is -5.71. The molecule has 0 aliphatic rings. The Morgan fingerprint density at radius 2 is 1.00 bits per heavy atom. The predicted octanol–water partition coefficient (Wildman–Crippen LogP) is 3.89. The minimum Gasteiger partial charge on any atom is -0.478 e. The second kappa shape index (κ2) is 9.74. The number of nitrogens with two attached hydrogens (primary N) is 2. The maximum atomic E-state index is 11.4. The molecule has 0 aliphatic heterocycles. The summed E-state index contributed by atoms with van der Waals surface area (Å²) in [6.45, 7) is 0. The number of hydrogen-bond donors (Lipinski definition) is 4. The Kier molecular flexibility index (Phi) is 6.15. The van der Waals surface area contributed by atoms with Gasteiger partial charge in [-0.2, -0.15) is 0 Å². The predicted molar refractivity (Wildman–Crippen MR) is 140 cm³/mol. The molecule has 2 aromatic heterocycles. The summed E-state index contributed by atoms with van der Waals surface area (Å²) < 4.78 is 0. The van der Waals surface area contributed by atoms with Gasteiger partial charge in [0.25, 0.3) is 0 Å². The van der Waals surface area contributed by atoms with Gasteiger partial charge < -0.3 is 21.7 Å². The van der Waals surface area contributed by atoms with Gasteiger partial charge in [0, 0.05) is 22.4 Å². The summed E-state index contributed by atoms with van der Waals surface area (Å²) in [6, 6.07) is 19.4. The smallest absolute Gasteiger partial charge is 0.335 e. The molecule has 6 N–H and O–H groups in total. The van der Waals surface area contributed by atoms with Crippen LogP contribution in [0.4, 0.5) is 11.5 Å². The normalized spacial score (nSPS) is 10.7. The van der Waals surface area contributed by atoms with Crippen molar-refractivity contribution in [1.29, 1.82) is 0 Å². The lowest BCUT2D eigenvalue weighted by Gasteiger charge is -2.16. The molecule has 0 saturated heterocycles. The van der Waals surface area contributed by atoms with E-state index in [0.717, 1.165) is 0 Å². The summed E-state index contributed by atoms with van der Waals surface area (Å²) in [5, 5.41) is 26.7. The monoisotopic (exact) mass is 505 g/mol. The average Bonchev–Trinajstić information content (AvgIpc) is 2.93. The lowest BCUT2D eigenvalue weighted by Crippen LogP contribution is -2.06. The molecule has 0 unspecified atom stereocenters. The van der Waals surface area contributed by atoms with E-state index in [1.165, 1.54) is 30.6 Å². The fraction of sp³-hybridized carbons (Fsp3) is 0. The van der Waals surface area contributed by atoms with Crippen LogP contribution >= 0.6 is 0 Å². The maximum Gasteiger partial charge on any atom is 0.335 e. The van der Waals surface area contributed by atoms with Gasteiger partial charge in [0.1, 0.15) is 12.0 Å². The van der Waals surface area contributed by atoms with E-state index >= 15 is 0 Å². The summed E-state index contributed by atoms with van der Waals surface area (Å²) in [6.07, 6.45) is 1.21. The average molecular weight is 505 g/mol. The summed E-state index contributed by atoms with van der Waals surface area (Å²) in [5.41, 5.74) is 16.4. The molecule has 0 bridgehead atoms. The van der Waals surface area contributed by atoms with Gasteiger partial charge >= 0.3 is 11.9 Å². The Bertz CT molecular complexity index is 1670. The molecule has 0 atom stereocenters. The van der Waals surface area contributed by atoms with Crippen molar-refractivity contribution in [2.75, 3.05) is 11.5 Å². The second-order valence-corrected chi connectivity index (χ2v) is 8.20. The molecule has 0 aliphatic carbocycles. The molecule has 2 heterocycles. The first kappa shape index (κ1) is 24.0. The highest BCUT2D eigenvalue weighted by atomic mass is 16.4. The zero-order valence-corrected chi connectivity index (χ0v) is 19.6. The van der Waals surface area contributed by atoms with Crippen LogP contribution in [0, 0.1) is 0 Å². The lowest BCUT2D eigenvalue weighted by molar-refractivity contribution is 0.0686. The highest BCUT2D eigenvalue weighted by Gasteiger charge is 2.22. The molecule has 0 amide bonds. The van der Waals surface area contributed by atoms with Crippen LogP contribution in [0.15, 0.2) is 79.1 Å². The van der Waals surface area contributed by atoms with E-state index in [2.05, 4.69) is 15.2 Å². The van der Waals surface area contributed by atoms with Gasteiger partial charge in [0.05, 0.1) is 28.2 Å². The zero-order chi connectivity index (χ0) is 26.8. The number of anilines is 2. The first-order valence-electron chi connectivity index (χ1n) is 11.2. The minimum atomic E-state index is -1.06. The molecule has 3 aromatic carbocycles.